The van der Waals surface area contributed by atoms with E-state index in [2.05, 4.69) is 15.4 Å². The summed E-state index contributed by atoms with van der Waals surface area (Å²) in [6.45, 7) is 2.42. The molecule has 0 unspecified atom stereocenters. The number of carbonyl (C=O) groups excluding carboxylic acids is 1. The Kier molecular flexibility index (Phi) is 4.61. The first kappa shape index (κ1) is 14.8. The average Bonchev–Trinajstić information content (AvgIpc) is 3.20. The van der Waals surface area contributed by atoms with Gasteiger partial charge >= 0.3 is 0 Å². The number of amides is 1. The Morgan fingerprint density at radius 2 is 2.00 bits per heavy atom. The third kappa shape index (κ3) is 3.94. The van der Waals surface area contributed by atoms with Gasteiger partial charge in [0, 0.05) is 12.6 Å². The summed E-state index contributed by atoms with van der Waals surface area (Å²) in [5.41, 5.74) is 0.437. The van der Waals surface area contributed by atoms with Crippen molar-refractivity contribution in [2.24, 2.45) is 0 Å². The van der Waals surface area contributed by atoms with Crippen LogP contribution in [0.5, 0.6) is 0 Å². The van der Waals surface area contributed by atoms with Crippen LogP contribution in [0, 0.1) is 0 Å². The molecule has 1 aromatic rings. The molecular weight excluding hydrogens is 278 g/mol. The first-order valence-corrected chi connectivity index (χ1v) is 8.13. The van der Waals surface area contributed by atoms with Crippen LogP contribution in [0.3, 0.4) is 0 Å². The van der Waals surface area contributed by atoms with Gasteiger partial charge in [-0.2, -0.15) is 0 Å². The van der Waals surface area contributed by atoms with Crippen LogP contribution in [0.25, 0.3) is 0 Å². The number of rotatable bonds is 7. The van der Waals surface area contributed by atoms with Gasteiger partial charge in [-0.25, -0.2) is 13.1 Å². The number of carbonyl (C=O) groups is 1. The minimum Gasteiger partial charge on any atom is -0.375 e. The molecule has 110 valence electrons. The quantitative estimate of drug-likeness (QED) is 0.690. The zero-order valence-corrected chi connectivity index (χ0v) is 12.2. The molecule has 0 radical (unpaired) electrons. The maximum atomic E-state index is 12.2. The van der Waals surface area contributed by atoms with Gasteiger partial charge in [-0.1, -0.05) is 12.1 Å². The second kappa shape index (κ2) is 6.23. The SMILES string of the molecule is CCNC(=O)CNc1ccccc1S(=O)(=O)NC1CC1. The second-order valence-electron chi connectivity index (χ2n) is 4.70. The first-order chi connectivity index (χ1) is 9.53. The number of hydrogen-bond donors (Lipinski definition) is 3. The van der Waals surface area contributed by atoms with E-state index in [4.69, 9.17) is 0 Å². The molecule has 1 aliphatic rings. The molecule has 6 nitrogen and oxygen atoms in total. The molecule has 0 spiro atoms. The number of nitrogens with one attached hydrogen (secondary N) is 3. The number of likely N-dealkylation sites (N-methyl/N-ethyl adjacent to an activating group) is 1. The van der Waals surface area contributed by atoms with Crippen molar-refractivity contribution in [2.75, 3.05) is 18.4 Å². The lowest BCUT2D eigenvalue weighted by molar-refractivity contribution is -0.119. The molecule has 0 bridgehead atoms. The van der Waals surface area contributed by atoms with Crippen molar-refractivity contribution in [3.63, 3.8) is 0 Å². The Morgan fingerprint density at radius 3 is 2.65 bits per heavy atom. The van der Waals surface area contributed by atoms with Crippen molar-refractivity contribution in [1.29, 1.82) is 0 Å². The van der Waals surface area contributed by atoms with Crippen LogP contribution in [0.15, 0.2) is 29.2 Å². The van der Waals surface area contributed by atoms with Gasteiger partial charge in [-0.15, -0.1) is 0 Å². The van der Waals surface area contributed by atoms with E-state index in [9.17, 15) is 13.2 Å². The summed E-state index contributed by atoms with van der Waals surface area (Å²) in [6, 6.07) is 6.64. The molecule has 0 saturated heterocycles. The molecule has 0 heterocycles. The highest BCUT2D eigenvalue weighted by atomic mass is 32.2. The van der Waals surface area contributed by atoms with Gasteiger partial charge in [0.15, 0.2) is 0 Å². The van der Waals surface area contributed by atoms with Crippen LogP contribution < -0.4 is 15.4 Å². The minimum atomic E-state index is -3.53. The van der Waals surface area contributed by atoms with Crippen molar-refractivity contribution >= 4 is 21.6 Å². The van der Waals surface area contributed by atoms with Crippen molar-refractivity contribution in [3.8, 4) is 0 Å². The maximum absolute atomic E-state index is 12.2. The predicted molar refractivity (Wildman–Crippen MR) is 77.0 cm³/mol. The Morgan fingerprint density at radius 1 is 1.30 bits per heavy atom. The fourth-order valence-corrected chi connectivity index (χ4v) is 3.26. The van der Waals surface area contributed by atoms with Gasteiger partial charge in [-0.05, 0) is 31.9 Å². The Hall–Kier alpha value is -1.60. The molecule has 1 saturated carbocycles. The Balaban J connectivity index is 2.11. The monoisotopic (exact) mass is 297 g/mol. The van der Waals surface area contributed by atoms with Crippen LogP contribution in [-0.4, -0.2) is 33.5 Å². The largest absolute Gasteiger partial charge is 0.375 e. The standard InChI is InChI=1S/C13H19N3O3S/c1-2-14-13(17)9-15-11-5-3-4-6-12(11)20(18,19)16-10-7-8-10/h3-6,10,15-16H,2,7-9H2,1H3,(H,14,17). The van der Waals surface area contributed by atoms with E-state index in [1.165, 1.54) is 6.07 Å². The van der Waals surface area contributed by atoms with E-state index >= 15 is 0 Å². The van der Waals surface area contributed by atoms with Crippen LogP contribution in [0.2, 0.25) is 0 Å². The summed E-state index contributed by atoms with van der Waals surface area (Å²) in [5.74, 6) is -0.171. The lowest BCUT2D eigenvalue weighted by atomic mass is 10.3. The minimum absolute atomic E-state index is 0.0454. The number of hydrogen-bond acceptors (Lipinski definition) is 4. The molecular formula is C13H19N3O3S. The molecule has 3 N–H and O–H groups in total. The molecule has 1 aliphatic carbocycles. The highest BCUT2D eigenvalue weighted by Crippen LogP contribution is 2.25. The molecule has 2 rings (SSSR count). The Labute approximate surface area is 119 Å². The van der Waals surface area contributed by atoms with Gasteiger partial charge in [-0.3, -0.25) is 4.79 Å². The molecule has 0 aliphatic heterocycles. The van der Waals surface area contributed by atoms with Crippen molar-refractivity contribution in [2.45, 2.75) is 30.7 Å². The predicted octanol–water partition coefficient (Wildman–Crippen LogP) is 0.675. The average molecular weight is 297 g/mol. The molecule has 1 amide bonds. The van der Waals surface area contributed by atoms with Crippen LogP contribution in [0.1, 0.15) is 19.8 Å². The number of sulfonamides is 1. The van der Waals surface area contributed by atoms with Gasteiger partial charge in [0.2, 0.25) is 15.9 Å². The molecule has 0 atom stereocenters. The molecule has 0 aromatic heterocycles. The van der Waals surface area contributed by atoms with E-state index in [1.54, 1.807) is 18.2 Å². The van der Waals surface area contributed by atoms with Crippen molar-refractivity contribution < 1.29 is 13.2 Å². The fourth-order valence-electron chi connectivity index (χ4n) is 1.77. The summed E-state index contributed by atoms with van der Waals surface area (Å²) in [6.07, 6.45) is 1.77. The summed E-state index contributed by atoms with van der Waals surface area (Å²) >= 11 is 0. The normalized spacial score (nSPS) is 14.8. The lowest BCUT2D eigenvalue weighted by Crippen LogP contribution is -2.31. The molecule has 7 heteroatoms. The third-order valence-corrected chi connectivity index (χ3v) is 4.47. The van der Waals surface area contributed by atoms with Crippen molar-refractivity contribution in [1.82, 2.24) is 10.0 Å². The molecule has 20 heavy (non-hydrogen) atoms. The van der Waals surface area contributed by atoms with Gasteiger partial charge in [0.05, 0.1) is 12.2 Å². The van der Waals surface area contributed by atoms with E-state index in [-0.39, 0.29) is 23.4 Å². The Bertz CT molecular complexity index is 582. The van der Waals surface area contributed by atoms with Gasteiger partial charge < -0.3 is 10.6 Å². The van der Waals surface area contributed by atoms with E-state index in [0.717, 1.165) is 12.8 Å². The van der Waals surface area contributed by atoms with Gasteiger partial charge in [0.1, 0.15) is 4.90 Å². The van der Waals surface area contributed by atoms with E-state index in [1.807, 2.05) is 6.92 Å². The van der Waals surface area contributed by atoms with Crippen molar-refractivity contribution in [3.05, 3.63) is 24.3 Å². The summed E-state index contributed by atoms with van der Waals surface area (Å²) < 4.78 is 27.1. The van der Waals surface area contributed by atoms with Crippen LogP contribution >= 0.6 is 0 Å². The number of benzene rings is 1. The van der Waals surface area contributed by atoms with Crippen LogP contribution in [0.4, 0.5) is 5.69 Å². The van der Waals surface area contributed by atoms with Crippen LogP contribution in [-0.2, 0) is 14.8 Å². The zero-order valence-electron chi connectivity index (χ0n) is 11.3. The smallest absolute Gasteiger partial charge is 0.242 e. The summed E-state index contributed by atoms with van der Waals surface area (Å²) in [4.78, 5) is 11.6. The van der Waals surface area contributed by atoms with Gasteiger partial charge in [0.25, 0.3) is 0 Å². The molecule has 1 fully saturated rings. The summed E-state index contributed by atoms with van der Waals surface area (Å²) in [5, 5.41) is 5.52. The maximum Gasteiger partial charge on any atom is 0.242 e. The van der Waals surface area contributed by atoms with E-state index in [0.29, 0.717) is 12.2 Å². The molecule has 1 aromatic carbocycles. The topological polar surface area (TPSA) is 87.3 Å². The highest BCUT2D eigenvalue weighted by Gasteiger charge is 2.29. The second-order valence-corrected chi connectivity index (χ2v) is 6.38. The highest BCUT2D eigenvalue weighted by molar-refractivity contribution is 7.89. The number of anilines is 1. The summed E-state index contributed by atoms with van der Waals surface area (Å²) in [7, 11) is -3.53. The lowest BCUT2D eigenvalue weighted by Gasteiger charge is -2.12. The number of para-hydroxylation sites is 1. The zero-order chi connectivity index (χ0) is 14.6. The fraction of sp³-hybridized carbons (Fsp3) is 0.462. The van der Waals surface area contributed by atoms with E-state index < -0.39 is 10.0 Å². The third-order valence-electron chi connectivity index (χ3n) is 2.89. The first-order valence-electron chi connectivity index (χ1n) is 6.65.